The van der Waals surface area contributed by atoms with Crippen molar-refractivity contribution in [3.8, 4) is 0 Å². The third kappa shape index (κ3) is 3.85. The number of nitrogens with zero attached hydrogens (tertiary/aromatic N) is 1. The van der Waals surface area contributed by atoms with Crippen molar-refractivity contribution >= 4 is 27.3 Å². The Kier molecular flexibility index (Phi) is 5.33. The molecule has 1 saturated heterocycles. The average molecular weight is 364 g/mol. The van der Waals surface area contributed by atoms with Crippen LogP contribution in [0.25, 0.3) is 0 Å². The second kappa shape index (κ2) is 7.46. The fraction of sp³-hybridized carbons (Fsp3) is 0.353. The molecule has 128 valence electrons. The van der Waals surface area contributed by atoms with Crippen LogP contribution in [0.2, 0.25) is 0 Å². The summed E-state index contributed by atoms with van der Waals surface area (Å²) in [6.45, 7) is 1.64. The van der Waals surface area contributed by atoms with Gasteiger partial charge in [-0.1, -0.05) is 12.1 Å². The molecule has 1 aliphatic rings. The van der Waals surface area contributed by atoms with E-state index in [1.165, 1.54) is 15.2 Å². The minimum absolute atomic E-state index is 0.190. The summed E-state index contributed by atoms with van der Waals surface area (Å²) in [6.07, 6.45) is 2.55. The first-order valence-electron chi connectivity index (χ1n) is 7.98. The van der Waals surface area contributed by atoms with Crippen molar-refractivity contribution in [2.45, 2.75) is 24.2 Å². The molecule has 0 spiro atoms. The Bertz CT molecular complexity index is 795. The van der Waals surface area contributed by atoms with E-state index in [2.05, 4.69) is 5.32 Å². The van der Waals surface area contributed by atoms with E-state index in [0.29, 0.717) is 25.2 Å². The molecule has 1 amide bonds. The van der Waals surface area contributed by atoms with Crippen LogP contribution in [0.1, 0.15) is 28.1 Å². The van der Waals surface area contributed by atoms with Gasteiger partial charge in [0.1, 0.15) is 0 Å². The number of carbonyl (C=O) groups is 1. The van der Waals surface area contributed by atoms with Crippen LogP contribution in [0.4, 0.5) is 0 Å². The predicted molar refractivity (Wildman–Crippen MR) is 94.8 cm³/mol. The van der Waals surface area contributed by atoms with Gasteiger partial charge in [0.25, 0.3) is 5.91 Å². The number of benzene rings is 1. The van der Waals surface area contributed by atoms with Crippen molar-refractivity contribution in [1.29, 1.82) is 0 Å². The topological polar surface area (TPSA) is 66.5 Å². The van der Waals surface area contributed by atoms with Gasteiger partial charge in [0, 0.05) is 30.1 Å². The highest BCUT2D eigenvalue weighted by atomic mass is 32.2. The zero-order valence-electron chi connectivity index (χ0n) is 13.3. The van der Waals surface area contributed by atoms with Crippen LogP contribution in [-0.4, -0.2) is 38.3 Å². The molecule has 5 nitrogen and oxygen atoms in total. The zero-order chi connectivity index (χ0) is 17.0. The van der Waals surface area contributed by atoms with E-state index in [1.807, 2.05) is 17.5 Å². The Balaban J connectivity index is 1.67. The largest absolute Gasteiger partial charge is 0.352 e. The Morgan fingerprint density at radius 2 is 1.96 bits per heavy atom. The number of hydrogen-bond acceptors (Lipinski definition) is 4. The zero-order valence-corrected chi connectivity index (χ0v) is 14.9. The normalized spacial score (nSPS) is 15.5. The third-order valence-electron chi connectivity index (χ3n) is 4.04. The Labute approximate surface area is 146 Å². The van der Waals surface area contributed by atoms with Gasteiger partial charge in [0.05, 0.1) is 4.90 Å². The van der Waals surface area contributed by atoms with Crippen LogP contribution in [0.3, 0.4) is 0 Å². The van der Waals surface area contributed by atoms with Gasteiger partial charge in [-0.2, -0.15) is 4.31 Å². The second-order valence-corrected chi connectivity index (χ2v) is 8.69. The van der Waals surface area contributed by atoms with Crippen LogP contribution in [-0.2, 0) is 16.4 Å². The van der Waals surface area contributed by atoms with Crippen molar-refractivity contribution in [2.24, 2.45) is 0 Å². The monoisotopic (exact) mass is 364 g/mol. The van der Waals surface area contributed by atoms with Crippen LogP contribution < -0.4 is 5.32 Å². The first-order chi connectivity index (χ1) is 11.6. The van der Waals surface area contributed by atoms with Gasteiger partial charge < -0.3 is 5.32 Å². The lowest BCUT2D eigenvalue weighted by Gasteiger charge is -2.16. The smallest absolute Gasteiger partial charge is 0.251 e. The van der Waals surface area contributed by atoms with Crippen molar-refractivity contribution in [2.75, 3.05) is 19.6 Å². The highest BCUT2D eigenvalue weighted by Crippen LogP contribution is 2.21. The lowest BCUT2D eigenvalue weighted by molar-refractivity contribution is 0.0954. The van der Waals surface area contributed by atoms with Gasteiger partial charge >= 0.3 is 0 Å². The van der Waals surface area contributed by atoms with Crippen molar-refractivity contribution in [1.82, 2.24) is 9.62 Å². The first-order valence-corrected chi connectivity index (χ1v) is 10.3. The fourth-order valence-corrected chi connectivity index (χ4v) is 5.00. The predicted octanol–water partition coefficient (Wildman–Crippen LogP) is 2.51. The number of amides is 1. The minimum atomic E-state index is -3.50. The molecule has 1 fully saturated rings. The summed E-state index contributed by atoms with van der Waals surface area (Å²) in [7, 11) is -3.50. The summed E-state index contributed by atoms with van der Waals surface area (Å²) in [5.74, 6) is -0.245. The van der Waals surface area contributed by atoms with E-state index >= 15 is 0 Å². The molecule has 0 unspecified atom stereocenters. The minimum Gasteiger partial charge on any atom is -0.352 e. The van der Waals surface area contributed by atoms with E-state index in [4.69, 9.17) is 0 Å². The standard InChI is InChI=1S/C17H20N2O3S2/c20-17(18-9-8-15-6-4-12-23-15)14-5-3-7-16(13-14)24(21,22)19-10-1-2-11-19/h3-7,12-13H,1-2,8-11H2,(H,18,20). The van der Waals surface area contributed by atoms with Gasteiger partial charge in [-0.25, -0.2) is 8.42 Å². The van der Waals surface area contributed by atoms with Crippen LogP contribution in [0.5, 0.6) is 0 Å². The number of nitrogens with one attached hydrogen (secondary N) is 1. The number of rotatable bonds is 6. The SMILES string of the molecule is O=C(NCCc1cccs1)c1cccc(S(=O)(=O)N2CCCC2)c1. The molecule has 0 atom stereocenters. The second-order valence-electron chi connectivity index (χ2n) is 5.72. The summed E-state index contributed by atoms with van der Waals surface area (Å²) < 4.78 is 26.6. The molecule has 1 aliphatic heterocycles. The van der Waals surface area contributed by atoms with E-state index in [-0.39, 0.29) is 10.8 Å². The third-order valence-corrected chi connectivity index (χ3v) is 6.87. The molecule has 1 aromatic heterocycles. The molecule has 1 aromatic carbocycles. The molecule has 24 heavy (non-hydrogen) atoms. The summed E-state index contributed by atoms with van der Waals surface area (Å²) in [6, 6.07) is 10.3. The van der Waals surface area contributed by atoms with Gasteiger partial charge in [0.2, 0.25) is 10.0 Å². The summed E-state index contributed by atoms with van der Waals surface area (Å²) in [4.78, 5) is 13.7. The maximum absolute atomic E-state index is 12.6. The molecule has 2 aromatic rings. The van der Waals surface area contributed by atoms with Crippen LogP contribution >= 0.6 is 11.3 Å². The van der Waals surface area contributed by atoms with Gasteiger partial charge in [-0.05, 0) is 48.9 Å². The Hall–Kier alpha value is -1.70. The highest BCUT2D eigenvalue weighted by molar-refractivity contribution is 7.89. The van der Waals surface area contributed by atoms with Crippen LogP contribution in [0, 0.1) is 0 Å². The molecule has 0 aliphatic carbocycles. The molecule has 0 radical (unpaired) electrons. The average Bonchev–Trinajstić information content (AvgIpc) is 3.29. The Morgan fingerprint density at radius 3 is 2.67 bits per heavy atom. The lowest BCUT2D eigenvalue weighted by Crippen LogP contribution is -2.29. The van der Waals surface area contributed by atoms with Crippen molar-refractivity contribution in [3.05, 3.63) is 52.2 Å². The highest BCUT2D eigenvalue weighted by Gasteiger charge is 2.27. The molecule has 2 heterocycles. The molecular weight excluding hydrogens is 344 g/mol. The molecular formula is C17H20N2O3S2. The maximum atomic E-state index is 12.6. The van der Waals surface area contributed by atoms with E-state index in [0.717, 1.165) is 19.3 Å². The molecule has 7 heteroatoms. The van der Waals surface area contributed by atoms with Crippen LogP contribution in [0.15, 0.2) is 46.7 Å². The molecule has 0 saturated carbocycles. The summed E-state index contributed by atoms with van der Waals surface area (Å²) >= 11 is 1.65. The molecule has 0 bridgehead atoms. The number of sulfonamides is 1. The number of thiophene rings is 1. The van der Waals surface area contributed by atoms with E-state index in [1.54, 1.807) is 29.5 Å². The van der Waals surface area contributed by atoms with Gasteiger partial charge in [-0.15, -0.1) is 11.3 Å². The number of hydrogen-bond donors (Lipinski definition) is 1. The molecule has 1 N–H and O–H groups in total. The maximum Gasteiger partial charge on any atom is 0.251 e. The van der Waals surface area contributed by atoms with Crippen molar-refractivity contribution in [3.63, 3.8) is 0 Å². The summed E-state index contributed by atoms with van der Waals surface area (Å²) in [5.41, 5.74) is 0.376. The Morgan fingerprint density at radius 1 is 1.17 bits per heavy atom. The van der Waals surface area contributed by atoms with Gasteiger partial charge in [-0.3, -0.25) is 4.79 Å². The molecule has 3 rings (SSSR count). The first kappa shape index (κ1) is 17.1. The van der Waals surface area contributed by atoms with E-state index in [9.17, 15) is 13.2 Å². The van der Waals surface area contributed by atoms with E-state index < -0.39 is 10.0 Å². The summed E-state index contributed by atoms with van der Waals surface area (Å²) in [5, 5.41) is 4.85. The number of carbonyl (C=O) groups excluding carboxylic acids is 1. The van der Waals surface area contributed by atoms with Gasteiger partial charge in [0.15, 0.2) is 0 Å². The van der Waals surface area contributed by atoms with Crippen molar-refractivity contribution < 1.29 is 13.2 Å². The fourth-order valence-electron chi connectivity index (χ4n) is 2.73. The quantitative estimate of drug-likeness (QED) is 0.856. The lowest BCUT2D eigenvalue weighted by atomic mass is 10.2.